The molecule has 15 heavy (non-hydrogen) atoms. The lowest BCUT2D eigenvalue weighted by Crippen LogP contribution is -2.19. The van der Waals surface area contributed by atoms with Crippen LogP contribution in [0.1, 0.15) is 47.0 Å². The highest BCUT2D eigenvalue weighted by Gasteiger charge is 2.33. The lowest BCUT2D eigenvalue weighted by molar-refractivity contribution is 0.291. The minimum absolute atomic E-state index is 0.218. The van der Waals surface area contributed by atoms with Gasteiger partial charge in [0.1, 0.15) is 0 Å². The van der Waals surface area contributed by atoms with E-state index >= 15 is 0 Å². The first-order valence-electron chi connectivity index (χ1n) is 5.98. The summed E-state index contributed by atoms with van der Waals surface area (Å²) in [6.07, 6.45) is 7.86. The summed E-state index contributed by atoms with van der Waals surface area (Å²) in [5, 5.41) is 9.10. The van der Waals surface area contributed by atoms with Crippen LogP contribution in [0, 0.1) is 11.3 Å². The SMILES string of the molecule is CCC(=CCC1CC=C(C)C1(C)C)CO. The first-order chi connectivity index (χ1) is 7.02. The Morgan fingerprint density at radius 1 is 1.60 bits per heavy atom. The minimum Gasteiger partial charge on any atom is -0.392 e. The molecular formula is C14H24O. The predicted molar refractivity (Wildman–Crippen MR) is 65.7 cm³/mol. The van der Waals surface area contributed by atoms with Crippen molar-refractivity contribution in [1.29, 1.82) is 0 Å². The fraction of sp³-hybridized carbons (Fsp3) is 0.714. The monoisotopic (exact) mass is 208 g/mol. The standard InChI is InChI=1S/C14H24O/c1-5-12(10-15)7-9-13-8-6-11(2)14(13,3)4/h6-7,13,15H,5,8-10H2,1-4H3. The van der Waals surface area contributed by atoms with E-state index in [1.807, 2.05) is 0 Å². The first-order valence-corrected chi connectivity index (χ1v) is 5.98. The summed E-state index contributed by atoms with van der Waals surface area (Å²) < 4.78 is 0. The topological polar surface area (TPSA) is 20.2 Å². The molecule has 0 saturated heterocycles. The molecule has 1 unspecified atom stereocenters. The van der Waals surface area contributed by atoms with E-state index in [1.165, 1.54) is 17.6 Å². The molecule has 1 aliphatic carbocycles. The van der Waals surface area contributed by atoms with Crippen molar-refractivity contribution in [1.82, 2.24) is 0 Å². The summed E-state index contributed by atoms with van der Waals surface area (Å²) >= 11 is 0. The Kier molecular flexibility index (Phi) is 4.15. The zero-order valence-corrected chi connectivity index (χ0v) is 10.5. The van der Waals surface area contributed by atoms with E-state index in [4.69, 9.17) is 5.11 Å². The third-order valence-electron chi connectivity index (χ3n) is 4.09. The molecule has 1 nitrogen and oxygen atoms in total. The van der Waals surface area contributed by atoms with Gasteiger partial charge in [-0.2, -0.15) is 0 Å². The Morgan fingerprint density at radius 2 is 2.27 bits per heavy atom. The third kappa shape index (κ3) is 2.72. The second-order valence-corrected chi connectivity index (χ2v) is 5.15. The van der Waals surface area contributed by atoms with Crippen LogP contribution in [-0.2, 0) is 0 Å². The summed E-state index contributed by atoms with van der Waals surface area (Å²) in [7, 11) is 0. The van der Waals surface area contributed by atoms with Crippen LogP contribution >= 0.6 is 0 Å². The molecule has 0 spiro atoms. The van der Waals surface area contributed by atoms with Gasteiger partial charge >= 0.3 is 0 Å². The molecule has 1 rings (SSSR count). The Morgan fingerprint density at radius 3 is 2.67 bits per heavy atom. The number of aliphatic hydroxyl groups is 1. The average molecular weight is 208 g/mol. The Balaban J connectivity index is 2.59. The van der Waals surface area contributed by atoms with Crippen molar-refractivity contribution < 1.29 is 5.11 Å². The molecule has 1 atom stereocenters. The van der Waals surface area contributed by atoms with Crippen LogP contribution in [-0.4, -0.2) is 11.7 Å². The largest absolute Gasteiger partial charge is 0.392 e. The molecule has 0 aromatic heterocycles. The zero-order valence-electron chi connectivity index (χ0n) is 10.5. The Labute approximate surface area is 93.9 Å². The molecule has 0 saturated carbocycles. The van der Waals surface area contributed by atoms with Gasteiger partial charge in [0.2, 0.25) is 0 Å². The molecule has 0 aromatic rings. The minimum atomic E-state index is 0.218. The van der Waals surface area contributed by atoms with E-state index < -0.39 is 0 Å². The molecule has 1 aliphatic rings. The molecule has 0 fully saturated rings. The average Bonchev–Trinajstić information content (AvgIpc) is 2.45. The van der Waals surface area contributed by atoms with Crippen LogP contribution in [0.3, 0.4) is 0 Å². The maximum Gasteiger partial charge on any atom is 0.0641 e. The van der Waals surface area contributed by atoms with Gasteiger partial charge in [0.05, 0.1) is 6.61 Å². The molecule has 0 radical (unpaired) electrons. The number of rotatable bonds is 4. The molecule has 86 valence electrons. The maximum absolute atomic E-state index is 9.10. The Hall–Kier alpha value is -0.560. The van der Waals surface area contributed by atoms with Gasteiger partial charge < -0.3 is 5.11 Å². The number of hydrogen-bond acceptors (Lipinski definition) is 1. The summed E-state index contributed by atoms with van der Waals surface area (Å²) in [5.41, 5.74) is 3.03. The lowest BCUT2D eigenvalue weighted by atomic mass is 9.76. The van der Waals surface area contributed by atoms with E-state index in [0.717, 1.165) is 12.8 Å². The highest BCUT2D eigenvalue weighted by Crippen LogP contribution is 2.44. The van der Waals surface area contributed by atoms with E-state index in [1.54, 1.807) is 0 Å². The van der Waals surface area contributed by atoms with Crippen LogP contribution in [0.5, 0.6) is 0 Å². The molecule has 0 aromatic carbocycles. The summed E-state index contributed by atoms with van der Waals surface area (Å²) in [6.45, 7) is 9.21. The predicted octanol–water partition coefficient (Wildman–Crippen LogP) is 3.70. The van der Waals surface area contributed by atoms with Crippen molar-refractivity contribution in [2.75, 3.05) is 6.61 Å². The van der Waals surface area contributed by atoms with E-state index in [2.05, 4.69) is 39.8 Å². The van der Waals surface area contributed by atoms with Crippen molar-refractivity contribution >= 4 is 0 Å². The van der Waals surface area contributed by atoms with Gasteiger partial charge in [-0.15, -0.1) is 0 Å². The van der Waals surface area contributed by atoms with Crippen molar-refractivity contribution in [2.45, 2.75) is 47.0 Å². The second kappa shape index (κ2) is 4.98. The van der Waals surface area contributed by atoms with Gasteiger partial charge in [-0.3, -0.25) is 0 Å². The van der Waals surface area contributed by atoms with Gasteiger partial charge in [0.25, 0.3) is 0 Å². The molecule has 0 amide bonds. The number of allylic oxidation sites excluding steroid dienone is 3. The van der Waals surface area contributed by atoms with Gasteiger partial charge in [-0.25, -0.2) is 0 Å². The molecule has 1 N–H and O–H groups in total. The zero-order chi connectivity index (χ0) is 11.5. The summed E-state index contributed by atoms with van der Waals surface area (Å²) in [4.78, 5) is 0. The molecular weight excluding hydrogens is 184 g/mol. The van der Waals surface area contributed by atoms with Crippen molar-refractivity contribution in [3.05, 3.63) is 23.3 Å². The summed E-state index contributed by atoms with van der Waals surface area (Å²) in [5.74, 6) is 0.714. The Bertz CT molecular complexity index is 265. The van der Waals surface area contributed by atoms with Gasteiger partial charge in [0.15, 0.2) is 0 Å². The molecule has 1 heteroatoms. The molecule has 0 heterocycles. The first kappa shape index (κ1) is 12.5. The van der Waals surface area contributed by atoms with Gasteiger partial charge in [-0.1, -0.05) is 38.5 Å². The van der Waals surface area contributed by atoms with Crippen LogP contribution in [0.25, 0.3) is 0 Å². The second-order valence-electron chi connectivity index (χ2n) is 5.15. The van der Waals surface area contributed by atoms with E-state index in [-0.39, 0.29) is 6.61 Å². The smallest absolute Gasteiger partial charge is 0.0641 e. The highest BCUT2D eigenvalue weighted by atomic mass is 16.3. The fourth-order valence-electron chi connectivity index (χ4n) is 2.22. The highest BCUT2D eigenvalue weighted by molar-refractivity contribution is 5.19. The quantitative estimate of drug-likeness (QED) is 0.698. The third-order valence-corrected chi connectivity index (χ3v) is 4.09. The van der Waals surface area contributed by atoms with Gasteiger partial charge in [0, 0.05) is 0 Å². The van der Waals surface area contributed by atoms with Crippen LogP contribution in [0.4, 0.5) is 0 Å². The van der Waals surface area contributed by atoms with Crippen LogP contribution in [0.2, 0.25) is 0 Å². The van der Waals surface area contributed by atoms with Crippen molar-refractivity contribution in [3.8, 4) is 0 Å². The van der Waals surface area contributed by atoms with Gasteiger partial charge in [-0.05, 0) is 43.1 Å². The number of hydrogen-bond donors (Lipinski definition) is 1. The molecule has 0 aliphatic heterocycles. The normalized spacial score (nSPS) is 25.5. The van der Waals surface area contributed by atoms with E-state index in [9.17, 15) is 0 Å². The lowest BCUT2D eigenvalue weighted by Gasteiger charge is -2.29. The van der Waals surface area contributed by atoms with Crippen molar-refractivity contribution in [3.63, 3.8) is 0 Å². The van der Waals surface area contributed by atoms with E-state index in [0.29, 0.717) is 11.3 Å². The maximum atomic E-state index is 9.10. The molecule has 0 bridgehead atoms. The van der Waals surface area contributed by atoms with Crippen LogP contribution < -0.4 is 0 Å². The summed E-state index contributed by atoms with van der Waals surface area (Å²) in [6, 6.07) is 0. The van der Waals surface area contributed by atoms with Crippen LogP contribution in [0.15, 0.2) is 23.3 Å². The number of aliphatic hydroxyl groups excluding tert-OH is 1. The fourth-order valence-corrected chi connectivity index (χ4v) is 2.22. The van der Waals surface area contributed by atoms with Crippen molar-refractivity contribution in [2.24, 2.45) is 11.3 Å².